The van der Waals surface area contributed by atoms with Crippen LogP contribution in [0, 0.1) is 0 Å². The number of nitrogens with one attached hydrogen (secondary N) is 2. The molecule has 1 aliphatic heterocycles. The summed E-state index contributed by atoms with van der Waals surface area (Å²) in [6.07, 6.45) is 0.537. The first kappa shape index (κ1) is 21.6. The van der Waals surface area contributed by atoms with Gasteiger partial charge in [-0.25, -0.2) is 9.97 Å². The number of hydrogen-bond donors (Lipinski definition) is 3. The zero-order valence-corrected chi connectivity index (χ0v) is 18.8. The van der Waals surface area contributed by atoms with Crippen LogP contribution in [-0.4, -0.2) is 58.8 Å². The van der Waals surface area contributed by atoms with Crippen molar-refractivity contribution in [2.24, 2.45) is 5.73 Å². The highest BCUT2D eigenvalue weighted by Crippen LogP contribution is 2.36. The Kier molecular flexibility index (Phi) is 6.19. The molecule has 1 aromatic carbocycles. The maximum absolute atomic E-state index is 13.2. The standard InChI is InChI=1S/C19H19ClN6O3S2/c1-22-15(27)6-23-16(28)12-8-30-17(25-12)13-5-10(21)7-26(13)19(29)18-24-11-4-9(20)2-3-14(11)31-18/h2-4,8,10,13H,5-7,21H2,1H3,(H,22,27)(H,23,28)/t10-,13+/m1/s1. The number of benzene rings is 1. The number of carbonyl (C=O) groups is 3. The fraction of sp³-hybridized carbons (Fsp3) is 0.316. The SMILES string of the molecule is CNC(=O)CNC(=O)c1csc([C@@H]2C[C@@H](N)CN2C(=O)c2nc3cc(Cl)ccc3s2)n1. The second-order valence-electron chi connectivity index (χ2n) is 7.03. The van der Waals surface area contributed by atoms with Gasteiger partial charge in [-0.3, -0.25) is 14.4 Å². The van der Waals surface area contributed by atoms with Crippen LogP contribution >= 0.6 is 34.3 Å². The predicted octanol–water partition coefficient (Wildman–Crippen LogP) is 1.80. The van der Waals surface area contributed by atoms with Crippen LogP contribution in [0.1, 0.15) is 37.8 Å². The number of nitrogens with two attached hydrogens (primary N) is 1. The van der Waals surface area contributed by atoms with E-state index in [1.54, 1.807) is 22.4 Å². The first-order valence-corrected chi connectivity index (χ1v) is 11.5. The van der Waals surface area contributed by atoms with Gasteiger partial charge >= 0.3 is 0 Å². The van der Waals surface area contributed by atoms with Gasteiger partial charge in [-0.2, -0.15) is 0 Å². The van der Waals surface area contributed by atoms with Crippen molar-refractivity contribution in [3.05, 3.63) is 44.3 Å². The van der Waals surface area contributed by atoms with Gasteiger partial charge in [0.2, 0.25) is 5.91 Å². The van der Waals surface area contributed by atoms with Crippen molar-refractivity contribution < 1.29 is 14.4 Å². The molecule has 31 heavy (non-hydrogen) atoms. The monoisotopic (exact) mass is 478 g/mol. The van der Waals surface area contributed by atoms with E-state index in [1.807, 2.05) is 6.07 Å². The number of amides is 3. The summed E-state index contributed by atoms with van der Waals surface area (Å²) < 4.78 is 0.872. The van der Waals surface area contributed by atoms with Gasteiger partial charge in [0.1, 0.15) is 10.7 Å². The highest BCUT2D eigenvalue weighted by Gasteiger charge is 2.38. The van der Waals surface area contributed by atoms with Crippen molar-refractivity contribution in [2.75, 3.05) is 20.1 Å². The van der Waals surface area contributed by atoms with E-state index in [9.17, 15) is 14.4 Å². The third-order valence-corrected chi connectivity index (χ3v) is 7.06. The molecule has 0 saturated carbocycles. The van der Waals surface area contributed by atoms with Crippen LogP contribution in [0.25, 0.3) is 10.2 Å². The van der Waals surface area contributed by atoms with E-state index in [-0.39, 0.29) is 36.1 Å². The average Bonchev–Trinajstić information content (AvgIpc) is 3.48. The molecule has 0 radical (unpaired) electrons. The summed E-state index contributed by atoms with van der Waals surface area (Å²) in [7, 11) is 1.49. The zero-order chi connectivity index (χ0) is 22.1. The van der Waals surface area contributed by atoms with Gasteiger partial charge < -0.3 is 21.3 Å². The van der Waals surface area contributed by atoms with Crippen LogP contribution in [0.2, 0.25) is 5.02 Å². The van der Waals surface area contributed by atoms with Gasteiger partial charge in [-0.1, -0.05) is 11.6 Å². The molecule has 2 atom stereocenters. The number of likely N-dealkylation sites (N-methyl/N-ethyl adjacent to an activating group) is 1. The molecule has 12 heteroatoms. The quantitative estimate of drug-likeness (QED) is 0.512. The minimum absolute atomic E-state index is 0.136. The normalized spacial score (nSPS) is 18.4. The van der Waals surface area contributed by atoms with Crippen molar-refractivity contribution in [3.63, 3.8) is 0 Å². The summed E-state index contributed by atoms with van der Waals surface area (Å²) >= 11 is 8.61. The fourth-order valence-corrected chi connectivity index (χ4v) is 5.32. The highest BCUT2D eigenvalue weighted by molar-refractivity contribution is 7.20. The molecular formula is C19H19ClN6O3S2. The van der Waals surface area contributed by atoms with Crippen LogP contribution in [0.15, 0.2) is 23.6 Å². The first-order valence-electron chi connectivity index (χ1n) is 9.42. The van der Waals surface area contributed by atoms with E-state index < -0.39 is 5.91 Å². The number of thiazole rings is 2. The second-order valence-corrected chi connectivity index (χ2v) is 9.38. The Morgan fingerprint density at radius 3 is 2.90 bits per heavy atom. The molecule has 1 saturated heterocycles. The lowest BCUT2D eigenvalue weighted by Gasteiger charge is -2.21. The molecule has 1 aliphatic rings. The lowest BCUT2D eigenvalue weighted by molar-refractivity contribution is -0.119. The van der Waals surface area contributed by atoms with Crippen molar-refractivity contribution in [1.82, 2.24) is 25.5 Å². The molecule has 0 bridgehead atoms. The van der Waals surface area contributed by atoms with Crippen molar-refractivity contribution in [3.8, 4) is 0 Å². The molecule has 3 aromatic rings. The summed E-state index contributed by atoms with van der Waals surface area (Å²) in [5.41, 5.74) is 7.02. The molecule has 4 rings (SSSR count). The molecule has 0 unspecified atom stereocenters. The average molecular weight is 479 g/mol. The number of carbonyl (C=O) groups excluding carboxylic acids is 3. The van der Waals surface area contributed by atoms with Crippen molar-refractivity contribution in [2.45, 2.75) is 18.5 Å². The summed E-state index contributed by atoms with van der Waals surface area (Å²) in [5.74, 6) is -0.982. The van der Waals surface area contributed by atoms with E-state index in [0.29, 0.717) is 33.5 Å². The van der Waals surface area contributed by atoms with Crippen molar-refractivity contribution >= 4 is 62.2 Å². The maximum Gasteiger partial charge on any atom is 0.283 e. The predicted molar refractivity (Wildman–Crippen MR) is 120 cm³/mol. The molecule has 0 aliphatic carbocycles. The number of fused-ring (bicyclic) bond motifs is 1. The van der Waals surface area contributed by atoms with E-state index in [1.165, 1.54) is 29.7 Å². The third-order valence-electron chi connectivity index (χ3n) is 4.85. The Morgan fingerprint density at radius 2 is 2.13 bits per heavy atom. The van der Waals surface area contributed by atoms with E-state index in [0.717, 1.165) is 4.70 Å². The van der Waals surface area contributed by atoms with Crippen LogP contribution in [0.5, 0.6) is 0 Å². The smallest absolute Gasteiger partial charge is 0.283 e. The topological polar surface area (TPSA) is 130 Å². The first-order chi connectivity index (χ1) is 14.9. The Morgan fingerprint density at radius 1 is 1.32 bits per heavy atom. The number of halogens is 1. The molecule has 162 valence electrons. The maximum atomic E-state index is 13.2. The summed E-state index contributed by atoms with van der Waals surface area (Å²) in [6.45, 7) is 0.237. The fourth-order valence-electron chi connectivity index (χ4n) is 3.33. The molecule has 3 heterocycles. The van der Waals surface area contributed by atoms with Crippen LogP contribution < -0.4 is 16.4 Å². The molecule has 1 fully saturated rings. The molecule has 4 N–H and O–H groups in total. The minimum atomic E-state index is -0.450. The Hall–Kier alpha value is -2.60. The Labute approximate surface area is 190 Å². The third kappa shape index (κ3) is 4.54. The summed E-state index contributed by atoms with van der Waals surface area (Å²) in [5, 5.41) is 8.09. The van der Waals surface area contributed by atoms with E-state index in [2.05, 4.69) is 20.6 Å². The molecule has 2 aromatic heterocycles. The minimum Gasteiger partial charge on any atom is -0.358 e. The van der Waals surface area contributed by atoms with Crippen LogP contribution in [0.3, 0.4) is 0 Å². The molecular weight excluding hydrogens is 460 g/mol. The number of nitrogens with zero attached hydrogens (tertiary/aromatic N) is 3. The Bertz CT molecular complexity index is 1160. The number of hydrogen-bond acceptors (Lipinski definition) is 8. The van der Waals surface area contributed by atoms with E-state index in [4.69, 9.17) is 17.3 Å². The van der Waals surface area contributed by atoms with Gasteiger partial charge in [-0.15, -0.1) is 22.7 Å². The summed E-state index contributed by atoms with van der Waals surface area (Å²) in [4.78, 5) is 47.3. The van der Waals surface area contributed by atoms with Gasteiger partial charge in [0.15, 0.2) is 5.01 Å². The molecule has 9 nitrogen and oxygen atoms in total. The number of likely N-dealkylation sites (tertiary alicyclic amines) is 1. The second kappa shape index (κ2) is 8.87. The van der Waals surface area contributed by atoms with Crippen molar-refractivity contribution in [1.29, 1.82) is 0 Å². The van der Waals surface area contributed by atoms with Gasteiger partial charge in [0.05, 0.1) is 22.8 Å². The zero-order valence-electron chi connectivity index (χ0n) is 16.4. The summed E-state index contributed by atoms with van der Waals surface area (Å²) in [6, 6.07) is 4.78. The molecule has 3 amide bonds. The molecule has 0 spiro atoms. The lowest BCUT2D eigenvalue weighted by Crippen LogP contribution is -2.35. The number of aromatic nitrogens is 2. The largest absolute Gasteiger partial charge is 0.358 e. The highest BCUT2D eigenvalue weighted by atomic mass is 35.5. The number of rotatable bonds is 5. The van der Waals surface area contributed by atoms with E-state index >= 15 is 0 Å². The van der Waals surface area contributed by atoms with Gasteiger partial charge in [0.25, 0.3) is 11.8 Å². The van der Waals surface area contributed by atoms with Gasteiger partial charge in [0, 0.05) is 30.0 Å². The van der Waals surface area contributed by atoms with Crippen LogP contribution in [-0.2, 0) is 4.79 Å². The Balaban J connectivity index is 1.54. The lowest BCUT2D eigenvalue weighted by atomic mass is 10.2. The van der Waals surface area contributed by atoms with Crippen LogP contribution in [0.4, 0.5) is 0 Å². The van der Waals surface area contributed by atoms with Gasteiger partial charge in [-0.05, 0) is 24.6 Å².